The first-order valence-electron chi connectivity index (χ1n) is 7.72. The van der Waals surface area contributed by atoms with Crippen molar-refractivity contribution in [2.24, 2.45) is 5.41 Å². The van der Waals surface area contributed by atoms with Gasteiger partial charge in [0.05, 0.1) is 17.6 Å². The highest BCUT2D eigenvalue weighted by molar-refractivity contribution is 6.30. The first-order valence-corrected chi connectivity index (χ1v) is 8.10. The zero-order valence-corrected chi connectivity index (χ0v) is 14.3. The summed E-state index contributed by atoms with van der Waals surface area (Å²) in [6.45, 7) is 6.11. The van der Waals surface area contributed by atoms with Crippen molar-refractivity contribution >= 4 is 17.4 Å². The molecule has 0 fully saturated rings. The standard InChI is InChI=1S/C19H19ClN2O/c1-11-14(10-21)17(12-4-6-13(20)7-5-12)18-15(22-11)8-19(2,3)9-16(18)23/h4-7,17,22H,8-9H2,1-3H3. The number of nitrogens with zero attached hydrogens (tertiary/aromatic N) is 1. The predicted molar refractivity (Wildman–Crippen MR) is 90.7 cm³/mol. The van der Waals surface area contributed by atoms with E-state index in [1.54, 1.807) is 12.1 Å². The fraction of sp³-hybridized carbons (Fsp3) is 0.368. The molecule has 1 atom stereocenters. The van der Waals surface area contributed by atoms with E-state index in [1.807, 2.05) is 19.1 Å². The zero-order valence-electron chi connectivity index (χ0n) is 13.5. The van der Waals surface area contributed by atoms with Crippen LogP contribution in [0.25, 0.3) is 0 Å². The van der Waals surface area contributed by atoms with Crippen LogP contribution in [0.4, 0.5) is 0 Å². The number of ketones is 1. The van der Waals surface area contributed by atoms with Crippen LogP contribution >= 0.6 is 11.6 Å². The van der Waals surface area contributed by atoms with Gasteiger partial charge < -0.3 is 5.32 Å². The first kappa shape index (κ1) is 15.8. The van der Waals surface area contributed by atoms with Gasteiger partial charge in [-0.2, -0.15) is 5.26 Å². The van der Waals surface area contributed by atoms with Gasteiger partial charge in [0, 0.05) is 28.4 Å². The van der Waals surface area contributed by atoms with E-state index >= 15 is 0 Å². The maximum absolute atomic E-state index is 12.8. The second kappa shape index (κ2) is 5.54. The molecule has 1 N–H and O–H groups in total. The quantitative estimate of drug-likeness (QED) is 0.828. The van der Waals surface area contributed by atoms with Gasteiger partial charge >= 0.3 is 0 Å². The number of hydrogen-bond donors (Lipinski definition) is 1. The van der Waals surface area contributed by atoms with Crippen molar-refractivity contribution in [3.63, 3.8) is 0 Å². The van der Waals surface area contributed by atoms with Crippen LogP contribution in [0.15, 0.2) is 46.8 Å². The lowest BCUT2D eigenvalue weighted by Crippen LogP contribution is -2.36. The number of hydrogen-bond acceptors (Lipinski definition) is 3. The number of rotatable bonds is 1. The third kappa shape index (κ3) is 2.80. The van der Waals surface area contributed by atoms with Crippen LogP contribution < -0.4 is 5.32 Å². The third-order valence-electron chi connectivity index (χ3n) is 4.56. The lowest BCUT2D eigenvalue weighted by molar-refractivity contribution is -0.118. The molecule has 1 aliphatic carbocycles. The number of halogens is 1. The molecule has 3 rings (SSSR count). The molecule has 1 unspecified atom stereocenters. The smallest absolute Gasteiger partial charge is 0.162 e. The Morgan fingerprint density at radius 3 is 2.52 bits per heavy atom. The number of allylic oxidation sites excluding steroid dienone is 4. The average Bonchev–Trinajstić information content (AvgIpc) is 2.45. The average molecular weight is 327 g/mol. The van der Waals surface area contributed by atoms with Crippen molar-refractivity contribution in [3.05, 3.63) is 57.4 Å². The molecule has 0 saturated carbocycles. The Balaban J connectivity index is 2.17. The number of Topliss-reactive ketones (excluding diaryl/α,β-unsaturated/α-hetero) is 1. The molecule has 1 heterocycles. The molecule has 4 heteroatoms. The Kier molecular flexibility index (Phi) is 3.82. The van der Waals surface area contributed by atoms with Gasteiger partial charge in [-0.1, -0.05) is 37.6 Å². The van der Waals surface area contributed by atoms with Crippen molar-refractivity contribution in [1.29, 1.82) is 5.26 Å². The Morgan fingerprint density at radius 2 is 1.91 bits per heavy atom. The van der Waals surface area contributed by atoms with E-state index < -0.39 is 0 Å². The number of benzene rings is 1. The summed E-state index contributed by atoms with van der Waals surface area (Å²) in [5.41, 5.74) is 4.03. The normalized spacial score (nSPS) is 23.3. The fourth-order valence-corrected chi connectivity index (χ4v) is 3.70. The molecular formula is C19H19ClN2O. The number of dihydropyridines is 1. The molecule has 23 heavy (non-hydrogen) atoms. The van der Waals surface area contributed by atoms with E-state index in [0.717, 1.165) is 29.0 Å². The fourth-order valence-electron chi connectivity index (χ4n) is 3.57. The van der Waals surface area contributed by atoms with Gasteiger partial charge in [0.25, 0.3) is 0 Å². The molecule has 0 saturated heterocycles. The van der Waals surface area contributed by atoms with Crippen LogP contribution in [0.2, 0.25) is 5.02 Å². The van der Waals surface area contributed by atoms with Gasteiger partial charge in [-0.3, -0.25) is 4.79 Å². The topological polar surface area (TPSA) is 52.9 Å². The highest BCUT2D eigenvalue weighted by Gasteiger charge is 2.40. The van der Waals surface area contributed by atoms with E-state index in [4.69, 9.17) is 11.6 Å². The minimum atomic E-state index is -0.294. The summed E-state index contributed by atoms with van der Waals surface area (Å²) < 4.78 is 0. The van der Waals surface area contributed by atoms with Crippen molar-refractivity contribution < 1.29 is 4.79 Å². The van der Waals surface area contributed by atoms with E-state index in [0.29, 0.717) is 17.0 Å². The summed E-state index contributed by atoms with van der Waals surface area (Å²) in [6, 6.07) is 9.71. The molecule has 118 valence electrons. The Labute approximate surface area is 141 Å². The number of carbonyl (C=O) groups is 1. The Hall–Kier alpha value is -2.05. The van der Waals surface area contributed by atoms with Gasteiger partial charge in [-0.25, -0.2) is 0 Å². The lowest BCUT2D eigenvalue weighted by atomic mass is 9.69. The Morgan fingerprint density at radius 1 is 1.26 bits per heavy atom. The highest BCUT2D eigenvalue weighted by atomic mass is 35.5. The molecule has 1 aromatic carbocycles. The van der Waals surface area contributed by atoms with Crippen LogP contribution in [0.1, 0.15) is 45.1 Å². The van der Waals surface area contributed by atoms with Gasteiger partial charge in [0.15, 0.2) is 5.78 Å². The van der Waals surface area contributed by atoms with Gasteiger partial charge in [-0.15, -0.1) is 0 Å². The summed E-state index contributed by atoms with van der Waals surface area (Å²) in [4.78, 5) is 12.8. The number of nitrogens with one attached hydrogen (secondary N) is 1. The van der Waals surface area contributed by atoms with Crippen molar-refractivity contribution in [2.75, 3.05) is 0 Å². The van der Waals surface area contributed by atoms with E-state index in [2.05, 4.69) is 25.2 Å². The predicted octanol–water partition coefficient (Wildman–Crippen LogP) is 4.47. The molecule has 0 bridgehead atoms. The second-order valence-corrected chi connectivity index (χ2v) is 7.53. The van der Waals surface area contributed by atoms with Crippen LogP contribution in [-0.4, -0.2) is 5.78 Å². The van der Waals surface area contributed by atoms with Gasteiger partial charge in [-0.05, 0) is 36.5 Å². The summed E-state index contributed by atoms with van der Waals surface area (Å²) in [7, 11) is 0. The first-order chi connectivity index (χ1) is 10.8. The monoisotopic (exact) mass is 326 g/mol. The van der Waals surface area contributed by atoms with Gasteiger partial charge in [0.1, 0.15) is 0 Å². The lowest BCUT2D eigenvalue weighted by Gasteiger charge is -2.38. The van der Waals surface area contributed by atoms with E-state index in [9.17, 15) is 10.1 Å². The van der Waals surface area contributed by atoms with Crippen LogP contribution in [0.5, 0.6) is 0 Å². The molecule has 1 aromatic rings. The summed E-state index contributed by atoms with van der Waals surface area (Å²) in [5, 5.41) is 13.6. The maximum Gasteiger partial charge on any atom is 0.162 e. The molecule has 0 amide bonds. The van der Waals surface area contributed by atoms with Crippen LogP contribution in [0.3, 0.4) is 0 Å². The number of nitriles is 1. The molecule has 0 spiro atoms. The highest BCUT2D eigenvalue weighted by Crippen LogP contribution is 2.46. The largest absolute Gasteiger partial charge is 0.361 e. The summed E-state index contributed by atoms with van der Waals surface area (Å²) >= 11 is 5.98. The molecular weight excluding hydrogens is 308 g/mol. The Bertz CT molecular complexity index is 779. The minimum Gasteiger partial charge on any atom is -0.361 e. The minimum absolute atomic E-state index is 0.0576. The third-order valence-corrected chi connectivity index (χ3v) is 4.82. The van der Waals surface area contributed by atoms with Crippen molar-refractivity contribution in [2.45, 2.75) is 39.5 Å². The summed E-state index contributed by atoms with van der Waals surface area (Å²) in [6.07, 6.45) is 1.32. The van der Waals surface area contributed by atoms with Crippen LogP contribution in [0, 0.1) is 16.7 Å². The number of carbonyl (C=O) groups excluding carboxylic acids is 1. The zero-order chi connectivity index (χ0) is 16.8. The molecule has 3 nitrogen and oxygen atoms in total. The van der Waals surface area contributed by atoms with E-state index in [-0.39, 0.29) is 17.1 Å². The van der Waals surface area contributed by atoms with Crippen molar-refractivity contribution in [3.8, 4) is 6.07 Å². The summed E-state index contributed by atoms with van der Waals surface area (Å²) in [5.74, 6) is -0.166. The second-order valence-electron chi connectivity index (χ2n) is 7.09. The van der Waals surface area contributed by atoms with Crippen LogP contribution in [-0.2, 0) is 4.79 Å². The molecule has 2 aliphatic rings. The SMILES string of the molecule is CC1=C(C#N)C(c2ccc(Cl)cc2)C2=C(CC(C)(C)CC2=O)N1. The maximum atomic E-state index is 12.8. The van der Waals surface area contributed by atoms with Gasteiger partial charge in [0.2, 0.25) is 0 Å². The van der Waals surface area contributed by atoms with E-state index in [1.165, 1.54) is 0 Å². The molecule has 0 aromatic heterocycles. The molecule has 1 aliphatic heterocycles. The molecule has 0 radical (unpaired) electrons. The van der Waals surface area contributed by atoms with Crippen molar-refractivity contribution in [1.82, 2.24) is 5.32 Å².